The quantitative estimate of drug-likeness (QED) is 0.910. The number of nitrogens with zero attached hydrogens (tertiary/aromatic N) is 2. The first-order valence-corrected chi connectivity index (χ1v) is 9.71. The third-order valence-electron chi connectivity index (χ3n) is 3.68. The molecule has 0 saturated carbocycles. The highest BCUT2D eigenvalue weighted by Crippen LogP contribution is 2.25. The van der Waals surface area contributed by atoms with E-state index in [0.717, 1.165) is 30.2 Å². The zero-order chi connectivity index (χ0) is 15.6. The largest absolute Gasteiger partial charge is 0.357 e. The number of anilines is 2. The predicted octanol–water partition coefficient (Wildman–Crippen LogP) is 3.11. The number of hydrogen-bond acceptors (Lipinski definition) is 5. The predicted molar refractivity (Wildman–Crippen MR) is 90.2 cm³/mol. The molecule has 1 fully saturated rings. The number of thiophene rings is 1. The Kier molecular flexibility index (Phi) is 4.35. The van der Waals surface area contributed by atoms with Crippen molar-refractivity contribution in [2.24, 2.45) is 0 Å². The van der Waals surface area contributed by atoms with E-state index in [9.17, 15) is 8.42 Å². The summed E-state index contributed by atoms with van der Waals surface area (Å²) in [7, 11) is -3.52. The van der Waals surface area contributed by atoms with Crippen molar-refractivity contribution in [1.82, 2.24) is 4.98 Å². The molecule has 1 aliphatic heterocycles. The van der Waals surface area contributed by atoms with Crippen molar-refractivity contribution in [3.05, 3.63) is 35.3 Å². The fourth-order valence-corrected chi connectivity index (χ4v) is 4.82. The molecule has 2 aromatic rings. The van der Waals surface area contributed by atoms with Gasteiger partial charge < -0.3 is 4.90 Å². The van der Waals surface area contributed by atoms with Crippen molar-refractivity contribution >= 4 is 32.9 Å². The van der Waals surface area contributed by atoms with E-state index in [1.165, 1.54) is 24.2 Å². The lowest BCUT2D eigenvalue weighted by atomic mass is 10.4. The number of sulfonamides is 1. The second-order valence-corrected chi connectivity index (χ2v) is 8.36. The summed E-state index contributed by atoms with van der Waals surface area (Å²) in [5, 5.41) is 0. The average Bonchev–Trinajstić information content (AvgIpc) is 3.19. The van der Waals surface area contributed by atoms with Crippen LogP contribution < -0.4 is 9.62 Å². The molecular formula is C15H19N3O2S2. The Hall–Kier alpha value is -1.60. The van der Waals surface area contributed by atoms with Crippen LogP contribution in [0.5, 0.6) is 0 Å². The number of rotatable bonds is 5. The van der Waals surface area contributed by atoms with E-state index in [1.54, 1.807) is 18.3 Å². The average molecular weight is 337 g/mol. The SMILES string of the molecule is CCc1ccc(S(=O)(=O)Nc2ccc(N3CCCC3)nc2)s1. The fraction of sp³-hybridized carbons (Fsp3) is 0.400. The molecule has 3 rings (SSSR count). The van der Waals surface area contributed by atoms with Gasteiger partial charge in [-0.3, -0.25) is 4.72 Å². The summed E-state index contributed by atoms with van der Waals surface area (Å²) in [5.74, 6) is 0.907. The zero-order valence-electron chi connectivity index (χ0n) is 12.4. The summed E-state index contributed by atoms with van der Waals surface area (Å²) in [5.41, 5.74) is 0.495. The lowest BCUT2D eigenvalue weighted by molar-refractivity contribution is 0.603. The molecule has 118 valence electrons. The molecule has 5 nitrogen and oxygen atoms in total. The van der Waals surface area contributed by atoms with Crippen molar-refractivity contribution in [3.8, 4) is 0 Å². The molecule has 0 atom stereocenters. The Morgan fingerprint density at radius 2 is 2.00 bits per heavy atom. The smallest absolute Gasteiger partial charge is 0.271 e. The summed E-state index contributed by atoms with van der Waals surface area (Å²) < 4.78 is 27.6. The minimum Gasteiger partial charge on any atom is -0.357 e. The fourth-order valence-electron chi connectivity index (χ4n) is 2.48. The van der Waals surface area contributed by atoms with Crippen LogP contribution in [-0.4, -0.2) is 26.5 Å². The maximum absolute atomic E-state index is 12.3. The van der Waals surface area contributed by atoms with Crippen LogP contribution in [0.1, 0.15) is 24.6 Å². The first-order valence-electron chi connectivity index (χ1n) is 7.41. The van der Waals surface area contributed by atoms with E-state index in [0.29, 0.717) is 9.90 Å². The summed E-state index contributed by atoms with van der Waals surface area (Å²) in [4.78, 5) is 7.63. The number of aryl methyl sites for hydroxylation is 1. The van der Waals surface area contributed by atoms with Crippen LogP contribution >= 0.6 is 11.3 Å². The monoisotopic (exact) mass is 337 g/mol. The molecule has 0 radical (unpaired) electrons. The second kappa shape index (κ2) is 6.26. The third kappa shape index (κ3) is 3.25. The molecule has 0 aliphatic carbocycles. The number of nitrogens with one attached hydrogen (secondary N) is 1. The first-order chi connectivity index (χ1) is 10.6. The first kappa shape index (κ1) is 15.3. The summed E-state index contributed by atoms with van der Waals surface area (Å²) in [6.45, 7) is 4.05. The number of pyridine rings is 1. The minimum absolute atomic E-state index is 0.341. The van der Waals surface area contributed by atoms with Crippen LogP contribution in [0.4, 0.5) is 11.5 Å². The normalized spacial score (nSPS) is 15.2. The summed E-state index contributed by atoms with van der Waals surface area (Å²) in [6, 6.07) is 7.15. The molecule has 0 bridgehead atoms. The van der Waals surface area contributed by atoms with Crippen molar-refractivity contribution in [3.63, 3.8) is 0 Å². The van der Waals surface area contributed by atoms with Crippen LogP contribution in [0.25, 0.3) is 0 Å². The van der Waals surface area contributed by atoms with Gasteiger partial charge in [-0.25, -0.2) is 13.4 Å². The molecule has 3 heterocycles. The maximum atomic E-state index is 12.3. The van der Waals surface area contributed by atoms with E-state index < -0.39 is 10.0 Å². The van der Waals surface area contributed by atoms with Crippen molar-refractivity contribution in [1.29, 1.82) is 0 Å². The van der Waals surface area contributed by atoms with E-state index in [1.807, 2.05) is 19.1 Å². The number of aromatic nitrogens is 1. The van der Waals surface area contributed by atoms with Gasteiger partial charge in [-0.2, -0.15) is 0 Å². The molecule has 7 heteroatoms. The van der Waals surface area contributed by atoms with Crippen LogP contribution in [0.3, 0.4) is 0 Å². The minimum atomic E-state index is -3.52. The third-order valence-corrected chi connectivity index (χ3v) is 6.78. The highest BCUT2D eigenvalue weighted by Gasteiger charge is 2.18. The van der Waals surface area contributed by atoms with Crippen molar-refractivity contribution < 1.29 is 8.42 Å². The van der Waals surface area contributed by atoms with Crippen LogP contribution in [0.15, 0.2) is 34.7 Å². The van der Waals surface area contributed by atoms with Gasteiger partial charge in [0.25, 0.3) is 10.0 Å². The maximum Gasteiger partial charge on any atom is 0.271 e. The van der Waals surface area contributed by atoms with E-state index >= 15 is 0 Å². The van der Waals surface area contributed by atoms with Gasteiger partial charge in [0.2, 0.25) is 0 Å². The lowest BCUT2D eigenvalue weighted by Gasteiger charge is -2.16. The van der Waals surface area contributed by atoms with Gasteiger partial charge in [-0.1, -0.05) is 6.92 Å². The Morgan fingerprint density at radius 1 is 1.23 bits per heavy atom. The number of hydrogen-bond donors (Lipinski definition) is 1. The van der Waals surface area contributed by atoms with Gasteiger partial charge in [-0.15, -0.1) is 11.3 Å². The van der Waals surface area contributed by atoms with Crippen LogP contribution in [0.2, 0.25) is 0 Å². The van der Waals surface area contributed by atoms with Crippen molar-refractivity contribution in [2.75, 3.05) is 22.7 Å². The van der Waals surface area contributed by atoms with Gasteiger partial charge >= 0.3 is 0 Å². The Morgan fingerprint density at radius 3 is 2.59 bits per heavy atom. The van der Waals surface area contributed by atoms with Crippen LogP contribution in [0, 0.1) is 0 Å². The van der Waals surface area contributed by atoms with Gasteiger partial charge in [0, 0.05) is 18.0 Å². The van der Waals surface area contributed by atoms with Crippen molar-refractivity contribution in [2.45, 2.75) is 30.4 Å². The van der Waals surface area contributed by atoms with Gasteiger partial charge in [0.05, 0.1) is 11.9 Å². The molecule has 0 amide bonds. The van der Waals surface area contributed by atoms with Gasteiger partial charge in [-0.05, 0) is 43.5 Å². The molecule has 0 aromatic carbocycles. The summed E-state index contributed by atoms with van der Waals surface area (Å²) >= 11 is 1.30. The molecule has 1 N–H and O–H groups in total. The molecule has 0 unspecified atom stereocenters. The highest BCUT2D eigenvalue weighted by molar-refractivity contribution is 7.94. The summed E-state index contributed by atoms with van der Waals surface area (Å²) in [6.07, 6.45) is 4.80. The molecule has 0 spiro atoms. The lowest BCUT2D eigenvalue weighted by Crippen LogP contribution is -2.19. The highest BCUT2D eigenvalue weighted by atomic mass is 32.2. The van der Waals surface area contributed by atoms with E-state index in [4.69, 9.17) is 0 Å². The van der Waals surface area contributed by atoms with Gasteiger partial charge in [0.15, 0.2) is 0 Å². The Labute approximate surface area is 135 Å². The topological polar surface area (TPSA) is 62.3 Å². The molecule has 1 saturated heterocycles. The second-order valence-electron chi connectivity index (χ2n) is 5.28. The van der Waals surface area contributed by atoms with E-state index in [-0.39, 0.29) is 0 Å². The molecular weight excluding hydrogens is 318 g/mol. The standard InChI is InChI=1S/C15H19N3O2S2/c1-2-13-6-8-15(21-13)22(19,20)17-12-5-7-14(16-11-12)18-9-3-4-10-18/h5-8,11,17H,2-4,9-10H2,1H3. The van der Waals surface area contributed by atoms with Gasteiger partial charge in [0.1, 0.15) is 10.0 Å². The molecule has 22 heavy (non-hydrogen) atoms. The molecule has 2 aromatic heterocycles. The zero-order valence-corrected chi connectivity index (χ0v) is 14.1. The molecule has 1 aliphatic rings. The van der Waals surface area contributed by atoms with E-state index in [2.05, 4.69) is 14.6 Å². The van der Waals surface area contributed by atoms with Crippen LogP contribution in [-0.2, 0) is 16.4 Å². The Balaban J connectivity index is 1.74. The Bertz CT molecular complexity index is 732.